The van der Waals surface area contributed by atoms with E-state index in [-0.39, 0.29) is 30.0 Å². The molecule has 0 bridgehead atoms. The SMILES string of the molecule is C[C@H]1Cc2cc3c(c(NC(=O)N=S(N)(=O)c4cnn5c4OC[C@@H]5CO)c21)CCC3. The number of urea groups is 1. The van der Waals surface area contributed by atoms with Gasteiger partial charge in [0, 0.05) is 5.69 Å². The van der Waals surface area contributed by atoms with Gasteiger partial charge in [-0.1, -0.05) is 13.0 Å². The van der Waals surface area contributed by atoms with Gasteiger partial charge in [0.1, 0.15) is 17.5 Å². The molecule has 0 saturated heterocycles. The Balaban J connectivity index is 1.48. The van der Waals surface area contributed by atoms with Gasteiger partial charge in [0.25, 0.3) is 0 Å². The minimum Gasteiger partial charge on any atom is -0.475 e. The standard InChI is InChI=1S/C19H23N5O4S/c1-10-5-12-6-11-3-2-4-14(11)17(16(10)12)22-19(26)23-29(20,27)15-7-21-24-13(8-25)9-28-18(15)24/h6-7,10,13,25H,2-5,8-9H2,1H3,(H3,20,22,23,26,27)/t10-,13-,29?/m0/s1. The van der Waals surface area contributed by atoms with Gasteiger partial charge in [0.2, 0.25) is 5.88 Å². The van der Waals surface area contributed by atoms with Crippen LogP contribution in [0.4, 0.5) is 10.5 Å². The van der Waals surface area contributed by atoms with Gasteiger partial charge >= 0.3 is 6.03 Å². The van der Waals surface area contributed by atoms with Crippen molar-refractivity contribution in [2.24, 2.45) is 9.50 Å². The Bertz CT molecular complexity index is 1140. The average molecular weight is 417 g/mol. The summed E-state index contributed by atoms with van der Waals surface area (Å²) in [5.41, 5.74) is 5.66. The van der Waals surface area contributed by atoms with Crippen molar-refractivity contribution in [3.8, 4) is 5.88 Å². The number of rotatable bonds is 3. The van der Waals surface area contributed by atoms with Crippen molar-refractivity contribution < 1.29 is 18.8 Å². The minimum atomic E-state index is -3.55. The molecular weight excluding hydrogens is 394 g/mol. The summed E-state index contributed by atoms with van der Waals surface area (Å²) in [4.78, 5) is 12.8. The number of fused-ring (bicyclic) bond motifs is 3. The fourth-order valence-electron chi connectivity index (χ4n) is 4.61. The van der Waals surface area contributed by atoms with Crippen LogP contribution in [-0.2, 0) is 29.2 Å². The van der Waals surface area contributed by atoms with E-state index in [0.29, 0.717) is 5.92 Å². The molecule has 2 amide bonds. The molecule has 9 nitrogen and oxygen atoms in total. The van der Waals surface area contributed by atoms with Crippen LogP contribution >= 0.6 is 0 Å². The van der Waals surface area contributed by atoms with Crippen molar-refractivity contribution in [3.05, 3.63) is 34.5 Å². The molecule has 0 spiro atoms. The average Bonchev–Trinajstić information content (AvgIpc) is 3.35. The van der Waals surface area contributed by atoms with Crippen LogP contribution in [0.15, 0.2) is 21.5 Å². The summed E-state index contributed by atoms with van der Waals surface area (Å²) in [5, 5.41) is 22.2. The highest BCUT2D eigenvalue weighted by Gasteiger charge is 2.33. The summed E-state index contributed by atoms with van der Waals surface area (Å²) in [6, 6.07) is 1.15. The number of nitrogens with one attached hydrogen (secondary N) is 1. The third-order valence-electron chi connectivity index (χ3n) is 6.00. The maximum Gasteiger partial charge on any atom is 0.354 e. The Hall–Kier alpha value is -2.43. The van der Waals surface area contributed by atoms with Crippen molar-refractivity contribution in [2.45, 2.75) is 49.5 Å². The zero-order valence-corrected chi connectivity index (χ0v) is 16.9. The smallest absolute Gasteiger partial charge is 0.354 e. The fourth-order valence-corrected chi connectivity index (χ4v) is 5.60. The molecule has 0 radical (unpaired) electrons. The number of carbonyl (C=O) groups is 1. The largest absolute Gasteiger partial charge is 0.475 e. The van der Waals surface area contributed by atoms with Crippen LogP contribution in [0.1, 0.15) is 47.6 Å². The second kappa shape index (κ2) is 6.54. The zero-order valence-electron chi connectivity index (χ0n) is 16.1. The van der Waals surface area contributed by atoms with Gasteiger partial charge in [-0.05, 0) is 53.9 Å². The third-order valence-corrected chi connectivity index (χ3v) is 7.35. The van der Waals surface area contributed by atoms with Gasteiger partial charge < -0.3 is 15.2 Å². The van der Waals surface area contributed by atoms with Crippen LogP contribution < -0.4 is 15.2 Å². The summed E-state index contributed by atoms with van der Waals surface area (Å²) in [7, 11) is -3.55. The Labute approximate surface area is 168 Å². The third kappa shape index (κ3) is 2.85. The first-order valence-electron chi connectivity index (χ1n) is 9.73. The van der Waals surface area contributed by atoms with Gasteiger partial charge in [-0.15, -0.1) is 4.36 Å². The summed E-state index contributed by atoms with van der Waals surface area (Å²) < 4.78 is 23.7. The zero-order chi connectivity index (χ0) is 20.3. The lowest BCUT2D eigenvalue weighted by atomic mass is 9.75. The Morgan fingerprint density at radius 2 is 2.31 bits per heavy atom. The Morgan fingerprint density at radius 3 is 3.07 bits per heavy atom. The van der Waals surface area contributed by atoms with Gasteiger partial charge in [-0.3, -0.25) is 0 Å². The van der Waals surface area contributed by atoms with E-state index in [9.17, 15) is 14.1 Å². The van der Waals surface area contributed by atoms with Gasteiger partial charge in [-0.2, -0.15) is 5.10 Å². The number of ether oxygens (including phenoxy) is 1. The molecule has 5 rings (SSSR count). The van der Waals surface area contributed by atoms with Gasteiger partial charge in [-0.25, -0.2) is 18.8 Å². The molecule has 1 unspecified atom stereocenters. The Kier molecular flexibility index (Phi) is 4.19. The molecule has 29 heavy (non-hydrogen) atoms. The quantitative estimate of drug-likeness (QED) is 0.702. The predicted molar refractivity (Wildman–Crippen MR) is 106 cm³/mol. The lowest BCUT2D eigenvalue weighted by Gasteiger charge is -2.31. The first-order chi connectivity index (χ1) is 13.9. The highest BCUT2D eigenvalue weighted by atomic mass is 32.2. The van der Waals surface area contributed by atoms with E-state index < -0.39 is 15.9 Å². The van der Waals surface area contributed by atoms with Crippen molar-refractivity contribution in [2.75, 3.05) is 18.5 Å². The molecule has 3 atom stereocenters. The summed E-state index contributed by atoms with van der Waals surface area (Å²) in [5.74, 6) is 0.558. The Morgan fingerprint density at radius 1 is 1.48 bits per heavy atom. The number of aliphatic hydroxyl groups is 1. The minimum absolute atomic E-state index is 0.0586. The first-order valence-corrected chi connectivity index (χ1v) is 11.3. The molecular formula is C19H23N5O4S. The number of aryl methyl sites for hydroxylation is 1. The van der Waals surface area contributed by atoms with Crippen LogP contribution in [0, 0.1) is 0 Å². The second-order valence-electron chi connectivity index (χ2n) is 7.92. The molecule has 2 aromatic rings. The molecule has 0 saturated carbocycles. The highest BCUT2D eigenvalue weighted by molar-refractivity contribution is 7.91. The van der Waals surface area contributed by atoms with E-state index in [2.05, 4.69) is 27.8 Å². The molecule has 154 valence electrons. The number of hydrogen-bond donors (Lipinski definition) is 3. The second-order valence-corrected chi connectivity index (χ2v) is 9.68. The molecule has 2 heterocycles. The molecule has 1 aromatic heterocycles. The van der Waals surface area contributed by atoms with Gasteiger partial charge in [0.05, 0.1) is 12.8 Å². The number of amides is 2. The van der Waals surface area contributed by atoms with Crippen LogP contribution in [0.2, 0.25) is 0 Å². The lowest BCUT2D eigenvalue weighted by molar-refractivity contribution is 0.206. The van der Waals surface area contributed by atoms with Gasteiger partial charge in [0.15, 0.2) is 9.92 Å². The van der Waals surface area contributed by atoms with E-state index in [1.165, 1.54) is 22.0 Å². The number of nitrogens with two attached hydrogens (primary N) is 1. The van der Waals surface area contributed by atoms with Crippen LogP contribution in [0.5, 0.6) is 5.88 Å². The van der Waals surface area contributed by atoms with E-state index in [1.807, 2.05) is 0 Å². The number of nitrogens with zero attached hydrogens (tertiary/aromatic N) is 3. The van der Waals surface area contributed by atoms with Crippen molar-refractivity contribution in [3.63, 3.8) is 0 Å². The topological polar surface area (TPSA) is 132 Å². The lowest BCUT2D eigenvalue weighted by Crippen LogP contribution is -2.23. The van der Waals surface area contributed by atoms with E-state index in [1.54, 1.807) is 0 Å². The number of aromatic nitrogens is 2. The normalized spacial score (nSPS) is 23.3. The number of anilines is 1. The number of hydrogen-bond acceptors (Lipinski definition) is 5. The molecule has 2 aliphatic carbocycles. The molecule has 1 aromatic carbocycles. The predicted octanol–water partition coefficient (Wildman–Crippen LogP) is 1.89. The van der Waals surface area contributed by atoms with Crippen LogP contribution in [-0.4, -0.2) is 38.3 Å². The van der Waals surface area contributed by atoms with Crippen LogP contribution in [0.3, 0.4) is 0 Å². The highest BCUT2D eigenvalue weighted by Crippen LogP contribution is 2.45. The maximum atomic E-state index is 13.0. The number of carbonyl (C=O) groups excluding carboxylic acids is 1. The summed E-state index contributed by atoms with van der Waals surface area (Å²) in [6.45, 7) is 2.17. The molecule has 1 aliphatic heterocycles. The van der Waals surface area contributed by atoms with Crippen LogP contribution in [0.25, 0.3) is 0 Å². The van der Waals surface area contributed by atoms with E-state index in [0.717, 1.165) is 42.5 Å². The molecule has 3 aliphatic rings. The maximum absolute atomic E-state index is 13.0. The number of aliphatic hydroxyl groups excluding tert-OH is 1. The summed E-state index contributed by atoms with van der Waals surface area (Å²) >= 11 is 0. The molecule has 0 fully saturated rings. The fraction of sp³-hybridized carbons (Fsp3) is 0.474. The van der Waals surface area contributed by atoms with Crippen molar-refractivity contribution in [1.82, 2.24) is 9.78 Å². The van der Waals surface area contributed by atoms with E-state index in [4.69, 9.17) is 9.88 Å². The molecule has 10 heteroatoms. The monoisotopic (exact) mass is 417 g/mol. The summed E-state index contributed by atoms with van der Waals surface area (Å²) in [6.07, 6.45) is 5.27. The number of benzene rings is 1. The first kappa shape index (κ1) is 18.6. The van der Waals surface area contributed by atoms with Crippen molar-refractivity contribution in [1.29, 1.82) is 0 Å². The van der Waals surface area contributed by atoms with Crippen molar-refractivity contribution >= 4 is 21.6 Å². The van der Waals surface area contributed by atoms with E-state index >= 15 is 0 Å². The molecule has 4 N–H and O–H groups in total.